The van der Waals surface area contributed by atoms with Gasteiger partial charge in [-0.3, -0.25) is 4.79 Å². The summed E-state index contributed by atoms with van der Waals surface area (Å²) < 4.78 is 5.08. The number of nitrogens with zero attached hydrogens (tertiary/aromatic N) is 4. The number of hydrogen-bond donors (Lipinski definition) is 2. The SMILES string of the molecule is N=[N+]=N[C@H](C(=O)N1C(=O)OCC1c1ccccc1)C1CCN(C(=O)O)CC1. The molecule has 0 radical (unpaired) electrons. The van der Waals surface area contributed by atoms with E-state index < -0.39 is 30.2 Å². The number of carbonyl (C=O) groups excluding carboxylic acids is 2. The first-order valence-electron chi connectivity index (χ1n) is 8.62. The Bertz CT molecular complexity index is 771. The first-order valence-corrected chi connectivity index (χ1v) is 8.62. The van der Waals surface area contributed by atoms with E-state index in [1.54, 1.807) is 12.1 Å². The predicted octanol–water partition coefficient (Wildman–Crippen LogP) is 2.02. The fourth-order valence-corrected chi connectivity index (χ4v) is 3.54. The van der Waals surface area contributed by atoms with E-state index in [-0.39, 0.29) is 25.6 Å². The summed E-state index contributed by atoms with van der Waals surface area (Å²) in [6.45, 7) is 0.588. The summed E-state index contributed by atoms with van der Waals surface area (Å²) in [7, 11) is 0. The van der Waals surface area contributed by atoms with Crippen molar-refractivity contribution in [2.45, 2.75) is 24.9 Å². The van der Waals surface area contributed by atoms with Gasteiger partial charge in [-0.15, -0.1) is 0 Å². The normalized spacial score (nSPS) is 21.3. The lowest BCUT2D eigenvalue weighted by atomic mass is 9.88. The van der Waals surface area contributed by atoms with Crippen LogP contribution in [0.2, 0.25) is 0 Å². The number of cyclic esters (lactones) is 1. The summed E-state index contributed by atoms with van der Waals surface area (Å²) in [4.78, 5) is 41.7. The molecule has 2 N–H and O–H groups in total. The van der Waals surface area contributed by atoms with Gasteiger partial charge in [-0.2, -0.15) is 0 Å². The molecule has 2 aliphatic rings. The Morgan fingerprint density at radius 3 is 2.52 bits per heavy atom. The largest absolute Gasteiger partial charge is 0.465 e. The van der Waals surface area contributed by atoms with Crippen LogP contribution in [0.5, 0.6) is 0 Å². The van der Waals surface area contributed by atoms with Crippen molar-refractivity contribution in [3.8, 4) is 0 Å². The lowest BCUT2D eigenvalue weighted by Crippen LogP contribution is -2.47. The van der Waals surface area contributed by atoms with E-state index in [0.717, 1.165) is 10.5 Å². The number of benzene rings is 1. The highest BCUT2D eigenvalue weighted by Gasteiger charge is 2.46. The molecule has 2 heterocycles. The number of amides is 3. The first-order chi connectivity index (χ1) is 13.0. The second-order valence-corrected chi connectivity index (χ2v) is 6.48. The summed E-state index contributed by atoms with van der Waals surface area (Å²) in [5.41, 5.74) is 7.82. The topological polar surface area (TPSA) is 137 Å². The van der Waals surface area contributed by atoms with Crippen molar-refractivity contribution in [2.24, 2.45) is 11.0 Å². The number of rotatable bonds is 4. The number of carboxylic acid groups (broad SMARTS) is 1. The highest BCUT2D eigenvalue weighted by molar-refractivity contribution is 5.96. The minimum atomic E-state index is -1.02. The number of carbonyl (C=O) groups is 3. The molecule has 142 valence electrons. The minimum absolute atomic E-state index is 0.0524. The van der Waals surface area contributed by atoms with E-state index in [1.807, 2.05) is 18.2 Å². The average molecular weight is 374 g/mol. The zero-order valence-corrected chi connectivity index (χ0v) is 14.5. The Hall–Kier alpha value is -3.26. The van der Waals surface area contributed by atoms with Crippen molar-refractivity contribution in [3.63, 3.8) is 0 Å². The summed E-state index contributed by atoms with van der Waals surface area (Å²) in [5, 5.41) is 12.8. The van der Waals surface area contributed by atoms with Crippen LogP contribution in [0.25, 0.3) is 0 Å². The van der Waals surface area contributed by atoms with Gasteiger partial charge in [-0.1, -0.05) is 30.3 Å². The summed E-state index contributed by atoms with van der Waals surface area (Å²) >= 11 is 0. The molecule has 1 unspecified atom stereocenters. The Balaban J connectivity index is 1.80. The number of nitrogens with one attached hydrogen (secondary N) is 1. The van der Waals surface area contributed by atoms with E-state index in [4.69, 9.17) is 15.4 Å². The van der Waals surface area contributed by atoms with Gasteiger partial charge >= 0.3 is 12.2 Å². The van der Waals surface area contributed by atoms with Crippen LogP contribution in [-0.2, 0) is 9.53 Å². The third-order valence-corrected chi connectivity index (χ3v) is 4.99. The molecule has 2 aliphatic heterocycles. The molecule has 0 saturated carbocycles. The second-order valence-electron chi connectivity index (χ2n) is 6.48. The van der Waals surface area contributed by atoms with Crippen molar-refractivity contribution in [3.05, 3.63) is 35.9 Å². The molecule has 0 aliphatic carbocycles. The fourth-order valence-electron chi connectivity index (χ4n) is 3.54. The Kier molecular flexibility index (Phi) is 5.46. The molecule has 2 saturated heterocycles. The number of piperidine rings is 1. The fraction of sp³-hybridized carbons (Fsp3) is 0.471. The average Bonchev–Trinajstić information content (AvgIpc) is 3.08. The number of likely N-dealkylation sites (tertiary alicyclic amines) is 1. The summed E-state index contributed by atoms with van der Waals surface area (Å²) in [5.74, 6) is -0.872. The maximum absolute atomic E-state index is 13.1. The molecule has 2 atom stereocenters. The zero-order valence-electron chi connectivity index (χ0n) is 14.5. The van der Waals surface area contributed by atoms with E-state index in [1.165, 1.54) is 4.90 Å². The van der Waals surface area contributed by atoms with Crippen LogP contribution in [0.3, 0.4) is 0 Å². The molecule has 0 spiro atoms. The third kappa shape index (κ3) is 3.80. The van der Waals surface area contributed by atoms with Crippen molar-refractivity contribution in [1.29, 1.82) is 5.53 Å². The number of ether oxygens (including phenoxy) is 1. The molecular weight excluding hydrogens is 354 g/mol. The van der Waals surface area contributed by atoms with E-state index >= 15 is 0 Å². The zero-order chi connectivity index (χ0) is 19.4. The van der Waals surface area contributed by atoms with Gasteiger partial charge in [-0.25, -0.2) is 14.5 Å². The van der Waals surface area contributed by atoms with Crippen molar-refractivity contribution in [1.82, 2.24) is 14.7 Å². The molecule has 10 heteroatoms. The van der Waals surface area contributed by atoms with Crippen LogP contribution >= 0.6 is 0 Å². The Labute approximate surface area is 154 Å². The van der Waals surface area contributed by atoms with Gasteiger partial charge in [0.15, 0.2) is 0 Å². The molecule has 1 aromatic carbocycles. The summed E-state index contributed by atoms with van der Waals surface area (Å²) in [6, 6.07) is 7.48. The van der Waals surface area contributed by atoms with Crippen molar-refractivity contribution >= 4 is 18.1 Å². The first kappa shape index (κ1) is 18.5. The Morgan fingerprint density at radius 1 is 1.26 bits per heavy atom. The van der Waals surface area contributed by atoms with Crippen LogP contribution < -0.4 is 4.91 Å². The number of hydrogen-bond acceptors (Lipinski definition) is 6. The molecule has 3 amide bonds. The highest BCUT2D eigenvalue weighted by Crippen LogP contribution is 2.31. The van der Waals surface area contributed by atoms with Gasteiger partial charge in [0.2, 0.25) is 11.0 Å². The van der Waals surface area contributed by atoms with Crippen LogP contribution in [-0.4, -0.2) is 58.7 Å². The number of imide groups is 1. The van der Waals surface area contributed by atoms with Crippen molar-refractivity contribution in [2.75, 3.05) is 19.7 Å². The van der Waals surface area contributed by atoms with Gasteiger partial charge in [-0.05, 0) is 18.4 Å². The van der Waals surface area contributed by atoms with E-state index in [2.05, 4.69) is 10.0 Å². The molecule has 0 bridgehead atoms. The quantitative estimate of drug-likeness (QED) is 0.613. The highest BCUT2D eigenvalue weighted by atomic mass is 16.6. The van der Waals surface area contributed by atoms with Crippen LogP contribution in [0, 0.1) is 11.4 Å². The van der Waals surface area contributed by atoms with Gasteiger partial charge < -0.3 is 14.7 Å². The Morgan fingerprint density at radius 2 is 1.93 bits per heavy atom. The molecular formula is C17H20N5O5+. The molecule has 2 fully saturated rings. The van der Waals surface area contributed by atoms with Crippen LogP contribution in [0.4, 0.5) is 9.59 Å². The third-order valence-electron chi connectivity index (χ3n) is 4.99. The van der Waals surface area contributed by atoms with E-state index in [0.29, 0.717) is 12.8 Å². The lowest BCUT2D eigenvalue weighted by Gasteiger charge is -2.32. The monoisotopic (exact) mass is 374 g/mol. The van der Waals surface area contributed by atoms with Crippen LogP contribution in [0.15, 0.2) is 35.4 Å². The molecule has 10 nitrogen and oxygen atoms in total. The minimum Gasteiger partial charge on any atom is -0.465 e. The standard InChI is InChI=1S/C17H19N5O5/c18-20-19-14(12-6-8-21(9-7-12)16(24)25)15(23)22-13(10-27-17(22)26)11-4-2-1-3-5-11/h1-5,12-14,18H,6-10H2/p+1/t13?,14-/m0/s1. The molecule has 0 aromatic heterocycles. The smallest absolute Gasteiger partial charge is 0.417 e. The molecule has 3 rings (SSSR count). The molecule has 1 aromatic rings. The van der Waals surface area contributed by atoms with Crippen LogP contribution in [0.1, 0.15) is 24.4 Å². The summed E-state index contributed by atoms with van der Waals surface area (Å²) in [6.07, 6.45) is -0.950. The van der Waals surface area contributed by atoms with Gasteiger partial charge in [0.25, 0.3) is 5.91 Å². The van der Waals surface area contributed by atoms with Gasteiger partial charge in [0.1, 0.15) is 23.3 Å². The van der Waals surface area contributed by atoms with Crippen molar-refractivity contribution < 1.29 is 24.2 Å². The second kappa shape index (κ2) is 7.96. The lowest BCUT2D eigenvalue weighted by molar-refractivity contribution is -0.132. The maximum Gasteiger partial charge on any atom is 0.417 e. The molecule has 27 heavy (non-hydrogen) atoms. The van der Waals surface area contributed by atoms with E-state index in [9.17, 15) is 14.4 Å². The van der Waals surface area contributed by atoms with Gasteiger partial charge in [0.05, 0.1) is 0 Å². The predicted molar refractivity (Wildman–Crippen MR) is 90.8 cm³/mol. The maximum atomic E-state index is 13.1. The van der Waals surface area contributed by atoms with Gasteiger partial charge in [0, 0.05) is 19.0 Å².